The van der Waals surface area contributed by atoms with Crippen LogP contribution in [0.4, 0.5) is 5.82 Å². The molecule has 12 heteroatoms. The van der Waals surface area contributed by atoms with Gasteiger partial charge in [0.15, 0.2) is 11.4 Å². The molecule has 32 heavy (non-hydrogen) atoms. The van der Waals surface area contributed by atoms with E-state index in [0.717, 1.165) is 11.0 Å². The molecule has 1 fully saturated rings. The Kier molecular flexibility index (Phi) is 5.10. The van der Waals surface area contributed by atoms with Gasteiger partial charge in [0.25, 0.3) is 0 Å². The summed E-state index contributed by atoms with van der Waals surface area (Å²) in [5.74, 6) is 0.530. The van der Waals surface area contributed by atoms with Crippen molar-refractivity contribution in [2.75, 3.05) is 11.9 Å². The van der Waals surface area contributed by atoms with Crippen molar-refractivity contribution in [1.29, 1.82) is 0 Å². The molecule has 0 saturated heterocycles. The van der Waals surface area contributed by atoms with E-state index in [0.29, 0.717) is 22.9 Å². The number of fused-ring (bicyclic) bond motifs is 2. The van der Waals surface area contributed by atoms with E-state index in [4.69, 9.17) is 9.56 Å². The normalized spacial score (nSPS) is 23.8. The number of anilines is 1. The van der Waals surface area contributed by atoms with E-state index in [-0.39, 0.29) is 13.0 Å². The van der Waals surface area contributed by atoms with Crippen molar-refractivity contribution in [2.45, 2.75) is 24.7 Å². The maximum absolute atomic E-state index is 11.0. The molecule has 0 radical (unpaired) electrons. The van der Waals surface area contributed by atoms with Crippen LogP contribution in [0.2, 0.25) is 0 Å². The molecule has 5 rings (SSSR count). The van der Waals surface area contributed by atoms with Crippen LogP contribution in [-0.4, -0.2) is 58.1 Å². The fourth-order valence-corrected chi connectivity index (χ4v) is 4.40. The molecule has 168 valence electrons. The van der Waals surface area contributed by atoms with E-state index in [1.54, 1.807) is 22.8 Å². The molecular weight excluding hydrogens is 438 g/mol. The predicted octanol–water partition coefficient (Wildman–Crippen LogP) is 0.885. The molecule has 3 heterocycles. The Morgan fingerprint density at radius 3 is 2.81 bits per heavy atom. The van der Waals surface area contributed by atoms with Crippen LogP contribution in [0, 0.1) is 5.92 Å². The fraction of sp³-hybridized carbons (Fsp3) is 0.300. The van der Waals surface area contributed by atoms with Crippen LogP contribution < -0.4 is 10.5 Å². The van der Waals surface area contributed by atoms with Gasteiger partial charge in [0.05, 0.1) is 18.8 Å². The Morgan fingerprint density at radius 1 is 1.22 bits per heavy atom. The number of nitrogens with one attached hydrogen (secondary N) is 1. The second-order valence-electron chi connectivity index (χ2n) is 7.78. The number of nitrogens with two attached hydrogens (primary N) is 1. The summed E-state index contributed by atoms with van der Waals surface area (Å²) >= 11 is 0. The van der Waals surface area contributed by atoms with E-state index in [1.165, 1.54) is 0 Å². The second kappa shape index (κ2) is 7.83. The van der Waals surface area contributed by atoms with Crippen LogP contribution in [0.5, 0.6) is 0 Å². The minimum Gasteiger partial charge on any atom is -0.454 e. The Bertz CT molecular complexity index is 1350. The topological polar surface area (TPSA) is 165 Å². The zero-order valence-corrected chi connectivity index (χ0v) is 17.5. The lowest BCUT2D eigenvalue weighted by molar-refractivity contribution is 0.00777. The highest BCUT2D eigenvalue weighted by molar-refractivity contribution is 7.84. The number of aliphatic hydroxyl groups is 2. The van der Waals surface area contributed by atoms with Gasteiger partial charge in [-0.15, -0.1) is 0 Å². The molecule has 0 spiro atoms. The Labute approximate surface area is 182 Å². The van der Waals surface area contributed by atoms with Crippen LogP contribution in [0.15, 0.2) is 53.1 Å². The van der Waals surface area contributed by atoms with Crippen LogP contribution in [0.1, 0.15) is 6.42 Å². The maximum atomic E-state index is 11.0. The first-order valence-corrected chi connectivity index (χ1v) is 11.4. The largest absolute Gasteiger partial charge is 0.454 e. The van der Waals surface area contributed by atoms with Crippen LogP contribution in [0.3, 0.4) is 0 Å². The molecular formula is C20H21N5O6S. The van der Waals surface area contributed by atoms with Gasteiger partial charge < -0.3 is 19.9 Å². The lowest BCUT2D eigenvalue weighted by atomic mass is 10.1. The zero-order chi connectivity index (χ0) is 22.5. The first-order valence-electron chi connectivity index (χ1n) is 9.92. The highest BCUT2D eigenvalue weighted by Crippen LogP contribution is 2.31. The smallest absolute Gasteiger partial charge is 0.333 e. The van der Waals surface area contributed by atoms with Crippen molar-refractivity contribution in [2.24, 2.45) is 11.1 Å². The van der Waals surface area contributed by atoms with E-state index in [2.05, 4.69) is 19.6 Å². The number of para-hydroxylation sites is 1. The van der Waals surface area contributed by atoms with Crippen molar-refractivity contribution >= 4 is 32.7 Å². The summed E-state index contributed by atoms with van der Waals surface area (Å²) in [6.45, 7) is -0.320. The van der Waals surface area contributed by atoms with Crippen LogP contribution in [-0.2, 0) is 14.5 Å². The first-order chi connectivity index (χ1) is 15.3. The monoisotopic (exact) mass is 459 g/mol. The summed E-state index contributed by atoms with van der Waals surface area (Å²) in [7, 11) is -4.14. The lowest BCUT2D eigenvalue weighted by Crippen LogP contribution is -2.36. The van der Waals surface area contributed by atoms with Gasteiger partial charge in [-0.1, -0.05) is 18.2 Å². The maximum Gasteiger partial charge on any atom is 0.333 e. The summed E-state index contributed by atoms with van der Waals surface area (Å²) in [5, 5.41) is 34.3. The van der Waals surface area contributed by atoms with Gasteiger partial charge in [-0.2, -0.15) is 18.0 Å². The van der Waals surface area contributed by atoms with Crippen molar-refractivity contribution in [3.05, 3.63) is 48.7 Å². The van der Waals surface area contributed by atoms with E-state index in [9.17, 15) is 18.6 Å². The number of aliphatic hydroxyl groups excluding tert-OH is 2. The number of benzene rings is 1. The molecule has 11 nitrogen and oxygen atoms in total. The van der Waals surface area contributed by atoms with Crippen LogP contribution in [0.25, 0.3) is 28.1 Å². The van der Waals surface area contributed by atoms with Gasteiger partial charge >= 0.3 is 10.3 Å². The van der Waals surface area contributed by atoms with Crippen LogP contribution >= 0.6 is 0 Å². The highest BCUT2D eigenvalue weighted by atomic mass is 32.2. The number of hydrogen-bond donors (Lipinski definition) is 4. The molecule has 1 saturated carbocycles. The number of furan rings is 1. The fourth-order valence-electron chi connectivity index (χ4n) is 4.04. The molecule has 0 amide bonds. The SMILES string of the molecule is NS(=O)(=O)OC[C@H]1C[C@@H](Nc2ccnc3cc(-c4cc5ccccc5o4)nn23)[C@H](O)[C@@H]1O. The molecule has 1 aliphatic rings. The van der Waals surface area contributed by atoms with Gasteiger partial charge in [0.2, 0.25) is 0 Å². The molecule has 0 bridgehead atoms. The molecule has 0 unspecified atom stereocenters. The van der Waals surface area contributed by atoms with Crippen molar-refractivity contribution in [3.63, 3.8) is 0 Å². The summed E-state index contributed by atoms with van der Waals surface area (Å²) in [6.07, 6.45) is -0.450. The molecule has 5 N–H and O–H groups in total. The van der Waals surface area contributed by atoms with Gasteiger partial charge in [-0.05, 0) is 24.6 Å². The van der Waals surface area contributed by atoms with Gasteiger partial charge in [-0.3, -0.25) is 4.18 Å². The molecule has 0 aliphatic heterocycles. The third-order valence-electron chi connectivity index (χ3n) is 5.62. The summed E-state index contributed by atoms with van der Waals surface area (Å²) in [4.78, 5) is 4.33. The number of nitrogens with zero attached hydrogens (tertiary/aromatic N) is 3. The Hall–Kier alpha value is -3.03. The van der Waals surface area contributed by atoms with Crippen molar-refractivity contribution in [3.8, 4) is 11.5 Å². The summed E-state index contributed by atoms with van der Waals surface area (Å²) in [5.41, 5.74) is 1.91. The van der Waals surface area contributed by atoms with Gasteiger partial charge in [-0.25, -0.2) is 10.1 Å². The number of rotatable bonds is 6. The summed E-state index contributed by atoms with van der Waals surface area (Å²) < 4.78 is 34.1. The predicted molar refractivity (Wildman–Crippen MR) is 115 cm³/mol. The third kappa shape index (κ3) is 3.94. The minimum atomic E-state index is -4.14. The third-order valence-corrected chi connectivity index (χ3v) is 6.08. The summed E-state index contributed by atoms with van der Waals surface area (Å²) in [6, 6.07) is 12.5. The molecule has 4 aromatic rings. The Morgan fingerprint density at radius 2 is 2.03 bits per heavy atom. The molecule has 1 aromatic carbocycles. The molecule has 3 aromatic heterocycles. The van der Waals surface area contributed by atoms with E-state index in [1.807, 2.05) is 30.3 Å². The minimum absolute atomic E-state index is 0.263. The van der Waals surface area contributed by atoms with E-state index >= 15 is 0 Å². The average molecular weight is 459 g/mol. The van der Waals surface area contributed by atoms with E-state index < -0.39 is 34.5 Å². The average Bonchev–Trinajstić information content (AvgIpc) is 3.44. The number of hydrogen-bond acceptors (Lipinski definition) is 9. The zero-order valence-electron chi connectivity index (χ0n) is 16.7. The first kappa shape index (κ1) is 20.8. The standard InChI is InChI=1S/C20H21N5O6S/c21-32(28,29)30-10-12-7-14(20(27)19(12)26)23-17-5-6-22-18-9-13(24-25(17)18)16-8-11-3-1-2-4-15(11)31-16/h1-6,8-9,12,14,19-20,23,26-27H,7,10H2,(H2,21,28,29)/t12-,14-,19-,20+/m1/s1. The van der Waals surface area contributed by atoms with Crippen molar-refractivity contribution in [1.82, 2.24) is 14.6 Å². The molecule has 4 atom stereocenters. The Balaban J connectivity index is 1.40. The second-order valence-corrected chi connectivity index (χ2v) is 9.00. The van der Waals surface area contributed by atoms with Crippen molar-refractivity contribution < 1.29 is 27.2 Å². The van der Waals surface area contributed by atoms with Gasteiger partial charge in [0, 0.05) is 23.6 Å². The van der Waals surface area contributed by atoms with Gasteiger partial charge in [0.1, 0.15) is 23.2 Å². The number of aromatic nitrogens is 3. The quantitative estimate of drug-likeness (QED) is 0.327. The molecule has 1 aliphatic carbocycles. The lowest BCUT2D eigenvalue weighted by Gasteiger charge is -2.19. The highest BCUT2D eigenvalue weighted by Gasteiger charge is 2.42.